The van der Waals surface area contributed by atoms with Crippen LogP contribution in [0.5, 0.6) is 0 Å². The van der Waals surface area contributed by atoms with Gasteiger partial charge < -0.3 is 5.11 Å². The molecule has 1 aromatic heterocycles. The zero-order valence-corrected chi connectivity index (χ0v) is 13.4. The maximum Gasteiger partial charge on any atom is 0.192 e. The summed E-state index contributed by atoms with van der Waals surface area (Å²) in [5.74, 6) is 0. The van der Waals surface area contributed by atoms with Gasteiger partial charge >= 0.3 is 0 Å². The molecule has 2 rings (SSSR count). The molecule has 0 fully saturated rings. The molecule has 0 aliphatic heterocycles. The van der Waals surface area contributed by atoms with Crippen LogP contribution in [-0.4, -0.2) is 15.1 Å². The van der Waals surface area contributed by atoms with Gasteiger partial charge in [0.15, 0.2) is 5.16 Å². The van der Waals surface area contributed by atoms with Gasteiger partial charge in [0.05, 0.1) is 6.10 Å². The number of hydrogen-bond donors (Lipinski definition) is 1. The standard InChI is InChI=1S/C14H15BrN2OS/c1-8-6-9(2)17-14(16-8)19-13-5-4-11(10(3)18)7-12(13)15/h4-7,10,18H,1-3H3. The van der Waals surface area contributed by atoms with Crippen molar-refractivity contribution in [3.8, 4) is 0 Å². The summed E-state index contributed by atoms with van der Waals surface area (Å²) >= 11 is 5.03. The fourth-order valence-corrected chi connectivity index (χ4v) is 3.21. The Labute approximate surface area is 125 Å². The lowest BCUT2D eigenvalue weighted by Crippen LogP contribution is -1.94. The largest absolute Gasteiger partial charge is 0.389 e. The van der Waals surface area contributed by atoms with Crippen molar-refractivity contribution in [1.82, 2.24) is 9.97 Å². The molecule has 19 heavy (non-hydrogen) atoms. The lowest BCUT2D eigenvalue weighted by atomic mass is 10.1. The maximum absolute atomic E-state index is 9.55. The highest BCUT2D eigenvalue weighted by molar-refractivity contribution is 9.10. The predicted octanol–water partition coefficient (Wildman–Crippen LogP) is 4.06. The lowest BCUT2D eigenvalue weighted by Gasteiger charge is -2.09. The molecule has 1 unspecified atom stereocenters. The Morgan fingerprint density at radius 1 is 1.16 bits per heavy atom. The van der Waals surface area contributed by atoms with Crippen LogP contribution in [-0.2, 0) is 0 Å². The summed E-state index contributed by atoms with van der Waals surface area (Å²) < 4.78 is 0.943. The Balaban J connectivity index is 2.28. The van der Waals surface area contributed by atoms with E-state index in [0.29, 0.717) is 0 Å². The molecule has 0 saturated heterocycles. The van der Waals surface area contributed by atoms with Gasteiger partial charge in [-0.25, -0.2) is 9.97 Å². The average molecular weight is 339 g/mol. The van der Waals surface area contributed by atoms with Crippen LogP contribution in [0.3, 0.4) is 0 Å². The van der Waals surface area contributed by atoms with Crippen molar-refractivity contribution in [2.24, 2.45) is 0 Å². The number of aliphatic hydroxyl groups excluding tert-OH is 1. The zero-order chi connectivity index (χ0) is 14.0. The van der Waals surface area contributed by atoms with Crippen LogP contribution in [0.4, 0.5) is 0 Å². The number of aromatic nitrogens is 2. The van der Waals surface area contributed by atoms with Crippen molar-refractivity contribution in [2.75, 3.05) is 0 Å². The molecule has 1 aromatic carbocycles. The summed E-state index contributed by atoms with van der Waals surface area (Å²) in [5.41, 5.74) is 2.82. The SMILES string of the molecule is Cc1cc(C)nc(Sc2ccc(C(C)O)cc2Br)n1. The van der Waals surface area contributed by atoms with E-state index in [1.807, 2.05) is 38.1 Å². The van der Waals surface area contributed by atoms with Crippen LogP contribution in [0.25, 0.3) is 0 Å². The van der Waals surface area contributed by atoms with Crippen LogP contribution in [0.15, 0.2) is 38.8 Å². The molecular weight excluding hydrogens is 324 g/mol. The van der Waals surface area contributed by atoms with Gasteiger partial charge in [-0.05, 0) is 72.2 Å². The molecule has 0 radical (unpaired) electrons. The highest BCUT2D eigenvalue weighted by atomic mass is 79.9. The summed E-state index contributed by atoms with van der Waals surface area (Å²) in [5, 5.41) is 10.3. The second-order valence-electron chi connectivity index (χ2n) is 4.40. The predicted molar refractivity (Wildman–Crippen MR) is 80.4 cm³/mol. The number of hydrogen-bond acceptors (Lipinski definition) is 4. The molecule has 3 nitrogen and oxygen atoms in total. The van der Waals surface area contributed by atoms with Crippen molar-refractivity contribution in [2.45, 2.75) is 36.9 Å². The molecular formula is C14H15BrN2OS. The molecule has 5 heteroatoms. The normalized spacial score (nSPS) is 12.5. The minimum Gasteiger partial charge on any atom is -0.389 e. The fourth-order valence-electron chi connectivity index (χ4n) is 1.70. The Hall–Kier alpha value is -0.910. The molecule has 0 spiro atoms. The topological polar surface area (TPSA) is 46.0 Å². The van der Waals surface area contributed by atoms with Crippen molar-refractivity contribution in [1.29, 1.82) is 0 Å². The van der Waals surface area contributed by atoms with Crippen LogP contribution in [0.2, 0.25) is 0 Å². The van der Waals surface area contributed by atoms with E-state index < -0.39 is 6.10 Å². The monoisotopic (exact) mass is 338 g/mol. The summed E-state index contributed by atoms with van der Waals surface area (Å²) in [4.78, 5) is 9.86. The smallest absolute Gasteiger partial charge is 0.192 e. The van der Waals surface area contributed by atoms with E-state index in [9.17, 15) is 5.11 Å². The molecule has 0 aliphatic carbocycles. The first-order valence-electron chi connectivity index (χ1n) is 5.93. The van der Waals surface area contributed by atoms with E-state index in [1.165, 1.54) is 11.8 Å². The van der Waals surface area contributed by atoms with Gasteiger partial charge in [-0.1, -0.05) is 6.07 Å². The van der Waals surface area contributed by atoms with Crippen molar-refractivity contribution < 1.29 is 5.11 Å². The molecule has 1 N–H and O–H groups in total. The highest BCUT2D eigenvalue weighted by Gasteiger charge is 2.09. The van der Waals surface area contributed by atoms with E-state index in [4.69, 9.17) is 0 Å². The summed E-state index contributed by atoms with van der Waals surface area (Å²) in [6.45, 7) is 5.68. The van der Waals surface area contributed by atoms with Crippen molar-refractivity contribution >= 4 is 27.7 Å². The summed E-state index contributed by atoms with van der Waals surface area (Å²) in [6.07, 6.45) is -0.465. The first kappa shape index (κ1) is 14.5. The molecule has 100 valence electrons. The molecule has 0 saturated carbocycles. The third-order valence-electron chi connectivity index (χ3n) is 2.60. The Kier molecular flexibility index (Phi) is 4.60. The van der Waals surface area contributed by atoms with Crippen LogP contribution >= 0.6 is 27.7 Å². The number of halogens is 1. The minimum atomic E-state index is -0.465. The number of aliphatic hydroxyl groups is 1. The van der Waals surface area contributed by atoms with Crippen LogP contribution in [0.1, 0.15) is 30.0 Å². The van der Waals surface area contributed by atoms with Gasteiger partial charge in [0.25, 0.3) is 0 Å². The van der Waals surface area contributed by atoms with Crippen molar-refractivity contribution in [3.63, 3.8) is 0 Å². The molecule has 1 heterocycles. The van der Waals surface area contributed by atoms with E-state index in [2.05, 4.69) is 25.9 Å². The second-order valence-corrected chi connectivity index (χ2v) is 6.26. The number of benzene rings is 1. The molecule has 1 atom stereocenters. The Bertz CT molecular complexity index is 582. The third kappa shape index (κ3) is 3.78. The second kappa shape index (κ2) is 6.03. The Morgan fingerprint density at radius 3 is 2.32 bits per heavy atom. The van der Waals surface area contributed by atoms with E-state index in [0.717, 1.165) is 31.5 Å². The Morgan fingerprint density at radius 2 is 1.79 bits per heavy atom. The lowest BCUT2D eigenvalue weighted by molar-refractivity contribution is 0.199. The minimum absolute atomic E-state index is 0.465. The van der Waals surface area contributed by atoms with Gasteiger partial charge in [-0.3, -0.25) is 0 Å². The fraction of sp³-hybridized carbons (Fsp3) is 0.286. The van der Waals surface area contributed by atoms with Crippen molar-refractivity contribution in [3.05, 3.63) is 45.7 Å². The van der Waals surface area contributed by atoms with Gasteiger partial charge in [0, 0.05) is 20.8 Å². The number of rotatable bonds is 3. The van der Waals surface area contributed by atoms with Gasteiger partial charge in [-0.2, -0.15) is 0 Å². The number of aryl methyl sites for hydroxylation is 2. The molecule has 0 aliphatic rings. The van der Waals surface area contributed by atoms with Gasteiger partial charge in [0.1, 0.15) is 0 Å². The van der Waals surface area contributed by atoms with E-state index in [1.54, 1.807) is 6.92 Å². The third-order valence-corrected chi connectivity index (χ3v) is 4.46. The zero-order valence-electron chi connectivity index (χ0n) is 11.0. The highest BCUT2D eigenvalue weighted by Crippen LogP contribution is 2.33. The quantitative estimate of drug-likeness (QED) is 0.857. The average Bonchev–Trinajstić information content (AvgIpc) is 2.30. The first-order valence-corrected chi connectivity index (χ1v) is 7.54. The molecule has 2 aromatic rings. The van der Waals surface area contributed by atoms with Gasteiger partial charge in [0.2, 0.25) is 0 Å². The number of nitrogens with zero attached hydrogens (tertiary/aromatic N) is 2. The van der Waals surface area contributed by atoms with Crippen LogP contribution in [0, 0.1) is 13.8 Å². The maximum atomic E-state index is 9.55. The molecule has 0 bridgehead atoms. The summed E-state index contributed by atoms with van der Waals surface area (Å²) in [7, 11) is 0. The van der Waals surface area contributed by atoms with Crippen LogP contribution < -0.4 is 0 Å². The van der Waals surface area contributed by atoms with E-state index in [-0.39, 0.29) is 0 Å². The molecule has 0 amide bonds. The first-order chi connectivity index (χ1) is 8.95. The summed E-state index contributed by atoms with van der Waals surface area (Å²) in [6, 6.07) is 7.77. The van der Waals surface area contributed by atoms with Gasteiger partial charge in [-0.15, -0.1) is 0 Å². The van der Waals surface area contributed by atoms with E-state index >= 15 is 0 Å².